The molecule has 0 heterocycles. The molecule has 0 saturated carbocycles. The summed E-state index contributed by atoms with van der Waals surface area (Å²) in [5.41, 5.74) is 1.27. The van der Waals surface area contributed by atoms with Gasteiger partial charge in [0, 0.05) is 12.1 Å². The minimum absolute atomic E-state index is 0.337. The van der Waals surface area contributed by atoms with Crippen LogP contribution in [0, 0.1) is 0 Å². The molecular weight excluding hydrogens is 198 g/mol. The second-order valence-corrected chi connectivity index (χ2v) is 4.63. The van der Waals surface area contributed by atoms with E-state index in [1.165, 1.54) is 18.4 Å². The van der Waals surface area contributed by atoms with Crippen molar-refractivity contribution in [3.8, 4) is 5.75 Å². The van der Waals surface area contributed by atoms with Crippen LogP contribution < -0.4 is 5.32 Å². The standard InChI is InChI=1S/C14H23NO/c1-4-5-11(2)15-12(3)10-13-6-8-14(16)9-7-13/h6-9,11-12,15-16H,4-5,10H2,1-3H3. The molecule has 1 rings (SSSR count). The summed E-state index contributed by atoms with van der Waals surface area (Å²) < 4.78 is 0. The summed E-state index contributed by atoms with van der Waals surface area (Å²) in [6, 6.07) is 8.52. The second kappa shape index (κ2) is 6.54. The van der Waals surface area contributed by atoms with Crippen LogP contribution in [0.1, 0.15) is 39.2 Å². The number of phenols is 1. The lowest BCUT2D eigenvalue weighted by Crippen LogP contribution is -2.35. The Hall–Kier alpha value is -1.02. The lowest BCUT2D eigenvalue weighted by Gasteiger charge is -2.19. The number of benzene rings is 1. The van der Waals surface area contributed by atoms with Gasteiger partial charge in [-0.3, -0.25) is 0 Å². The van der Waals surface area contributed by atoms with Gasteiger partial charge in [0.05, 0.1) is 0 Å². The SMILES string of the molecule is CCCC(C)NC(C)Cc1ccc(O)cc1. The molecule has 1 aromatic rings. The molecule has 90 valence electrons. The summed E-state index contributed by atoms with van der Waals surface area (Å²) >= 11 is 0. The van der Waals surface area contributed by atoms with Gasteiger partial charge in [0.1, 0.15) is 5.75 Å². The maximum Gasteiger partial charge on any atom is 0.115 e. The molecule has 2 atom stereocenters. The summed E-state index contributed by atoms with van der Waals surface area (Å²) in [6.45, 7) is 6.65. The van der Waals surface area contributed by atoms with Crippen LogP contribution in [-0.4, -0.2) is 17.2 Å². The third-order valence-electron chi connectivity index (χ3n) is 2.77. The average Bonchev–Trinajstić information content (AvgIpc) is 2.21. The highest BCUT2D eigenvalue weighted by molar-refractivity contribution is 5.26. The first-order valence-corrected chi connectivity index (χ1v) is 6.15. The van der Waals surface area contributed by atoms with Gasteiger partial charge in [-0.15, -0.1) is 0 Å². The number of nitrogens with one attached hydrogen (secondary N) is 1. The van der Waals surface area contributed by atoms with Crippen LogP contribution in [-0.2, 0) is 6.42 Å². The number of hydrogen-bond acceptors (Lipinski definition) is 2. The first kappa shape index (κ1) is 13.0. The smallest absolute Gasteiger partial charge is 0.115 e. The minimum atomic E-state index is 0.337. The van der Waals surface area contributed by atoms with Gasteiger partial charge in [0.25, 0.3) is 0 Å². The first-order valence-electron chi connectivity index (χ1n) is 6.15. The van der Waals surface area contributed by atoms with Crippen molar-refractivity contribution in [3.63, 3.8) is 0 Å². The Morgan fingerprint density at radius 3 is 2.31 bits per heavy atom. The molecule has 2 N–H and O–H groups in total. The lowest BCUT2D eigenvalue weighted by molar-refractivity contribution is 0.440. The maximum absolute atomic E-state index is 9.19. The molecule has 2 heteroatoms. The Kier molecular flexibility index (Phi) is 5.33. The largest absolute Gasteiger partial charge is 0.508 e. The Labute approximate surface area is 98.7 Å². The molecule has 0 saturated heterocycles. The molecule has 0 fully saturated rings. The highest BCUT2D eigenvalue weighted by Gasteiger charge is 2.07. The fourth-order valence-electron chi connectivity index (χ4n) is 2.05. The van der Waals surface area contributed by atoms with Crippen molar-refractivity contribution < 1.29 is 5.11 Å². The van der Waals surface area contributed by atoms with Crippen LogP contribution in [0.3, 0.4) is 0 Å². The van der Waals surface area contributed by atoms with Crippen molar-refractivity contribution >= 4 is 0 Å². The Morgan fingerprint density at radius 1 is 1.12 bits per heavy atom. The quantitative estimate of drug-likeness (QED) is 0.773. The highest BCUT2D eigenvalue weighted by Crippen LogP contribution is 2.11. The van der Waals surface area contributed by atoms with E-state index in [0.717, 1.165) is 6.42 Å². The predicted molar refractivity (Wildman–Crippen MR) is 68.8 cm³/mol. The van der Waals surface area contributed by atoms with Crippen LogP contribution in [0.2, 0.25) is 0 Å². The Balaban J connectivity index is 2.39. The predicted octanol–water partition coefficient (Wildman–Crippen LogP) is 3.10. The van der Waals surface area contributed by atoms with Crippen LogP contribution in [0.25, 0.3) is 0 Å². The van der Waals surface area contributed by atoms with Gasteiger partial charge in [-0.2, -0.15) is 0 Å². The zero-order valence-corrected chi connectivity index (χ0v) is 10.5. The molecule has 0 aromatic heterocycles. The molecule has 0 aliphatic rings. The lowest BCUT2D eigenvalue weighted by atomic mass is 10.1. The summed E-state index contributed by atoms with van der Waals surface area (Å²) in [7, 11) is 0. The van der Waals surface area contributed by atoms with Gasteiger partial charge < -0.3 is 10.4 Å². The van der Waals surface area contributed by atoms with E-state index >= 15 is 0 Å². The van der Waals surface area contributed by atoms with Gasteiger partial charge in [-0.25, -0.2) is 0 Å². The summed E-state index contributed by atoms with van der Waals surface area (Å²) in [5, 5.41) is 12.8. The second-order valence-electron chi connectivity index (χ2n) is 4.63. The van der Waals surface area contributed by atoms with Gasteiger partial charge in [0.2, 0.25) is 0 Å². The van der Waals surface area contributed by atoms with E-state index in [0.29, 0.717) is 17.8 Å². The van der Waals surface area contributed by atoms with Gasteiger partial charge in [-0.05, 0) is 44.4 Å². The minimum Gasteiger partial charge on any atom is -0.508 e. The van der Waals surface area contributed by atoms with Crippen LogP contribution >= 0.6 is 0 Å². The van der Waals surface area contributed by atoms with E-state index in [1.54, 1.807) is 12.1 Å². The molecule has 16 heavy (non-hydrogen) atoms. The van der Waals surface area contributed by atoms with E-state index in [9.17, 15) is 5.11 Å². The molecule has 2 nitrogen and oxygen atoms in total. The van der Waals surface area contributed by atoms with E-state index in [-0.39, 0.29) is 0 Å². The van der Waals surface area contributed by atoms with Crippen LogP contribution in [0.15, 0.2) is 24.3 Å². The van der Waals surface area contributed by atoms with E-state index in [1.807, 2.05) is 12.1 Å². The van der Waals surface area contributed by atoms with Gasteiger partial charge in [-0.1, -0.05) is 25.5 Å². The van der Waals surface area contributed by atoms with E-state index < -0.39 is 0 Å². The molecule has 0 aliphatic heterocycles. The van der Waals surface area contributed by atoms with Gasteiger partial charge >= 0.3 is 0 Å². The molecule has 0 bridgehead atoms. The zero-order valence-electron chi connectivity index (χ0n) is 10.5. The zero-order chi connectivity index (χ0) is 12.0. The van der Waals surface area contributed by atoms with Crippen molar-refractivity contribution in [2.24, 2.45) is 0 Å². The molecule has 0 radical (unpaired) electrons. The number of hydrogen-bond donors (Lipinski definition) is 2. The van der Waals surface area contributed by atoms with Crippen molar-refractivity contribution in [1.82, 2.24) is 5.32 Å². The topological polar surface area (TPSA) is 32.3 Å². The molecule has 1 aromatic carbocycles. The molecule has 0 amide bonds. The number of aromatic hydroxyl groups is 1. The van der Waals surface area contributed by atoms with Crippen LogP contribution in [0.5, 0.6) is 5.75 Å². The molecule has 2 unspecified atom stereocenters. The number of phenolic OH excluding ortho intramolecular Hbond substituents is 1. The van der Waals surface area contributed by atoms with E-state index in [2.05, 4.69) is 26.1 Å². The maximum atomic E-state index is 9.19. The number of rotatable bonds is 6. The monoisotopic (exact) mass is 221 g/mol. The summed E-state index contributed by atoms with van der Waals surface area (Å²) in [6.07, 6.45) is 3.45. The fraction of sp³-hybridized carbons (Fsp3) is 0.571. The normalized spacial score (nSPS) is 14.7. The molecule has 0 aliphatic carbocycles. The van der Waals surface area contributed by atoms with Crippen molar-refractivity contribution in [2.75, 3.05) is 0 Å². The van der Waals surface area contributed by atoms with Crippen molar-refractivity contribution in [3.05, 3.63) is 29.8 Å². The molecule has 0 spiro atoms. The summed E-state index contributed by atoms with van der Waals surface area (Å²) in [4.78, 5) is 0. The third-order valence-corrected chi connectivity index (χ3v) is 2.77. The Morgan fingerprint density at radius 2 is 1.75 bits per heavy atom. The highest BCUT2D eigenvalue weighted by atomic mass is 16.3. The Bertz CT molecular complexity index is 294. The third kappa shape index (κ3) is 4.67. The molecular formula is C14H23NO. The first-order chi connectivity index (χ1) is 7.61. The van der Waals surface area contributed by atoms with Crippen LogP contribution in [0.4, 0.5) is 0 Å². The van der Waals surface area contributed by atoms with Crippen molar-refractivity contribution in [1.29, 1.82) is 0 Å². The van der Waals surface area contributed by atoms with Crippen molar-refractivity contribution in [2.45, 2.75) is 52.1 Å². The summed E-state index contributed by atoms with van der Waals surface area (Å²) in [5.74, 6) is 0.337. The van der Waals surface area contributed by atoms with Gasteiger partial charge in [0.15, 0.2) is 0 Å². The van der Waals surface area contributed by atoms with E-state index in [4.69, 9.17) is 0 Å². The fourth-order valence-corrected chi connectivity index (χ4v) is 2.05. The average molecular weight is 221 g/mol.